The summed E-state index contributed by atoms with van der Waals surface area (Å²) in [5.74, 6) is 2.11. The summed E-state index contributed by atoms with van der Waals surface area (Å²) in [6, 6.07) is 10.1. The van der Waals surface area contributed by atoms with E-state index in [1.807, 2.05) is 44.2 Å². The van der Waals surface area contributed by atoms with Crippen LogP contribution in [0.5, 0.6) is 0 Å². The van der Waals surface area contributed by atoms with Gasteiger partial charge in [0.05, 0.1) is 18.6 Å². The average Bonchev–Trinajstić information content (AvgIpc) is 3.20. The van der Waals surface area contributed by atoms with Crippen molar-refractivity contribution in [2.75, 3.05) is 5.75 Å². The first kappa shape index (κ1) is 19.8. The lowest BCUT2D eigenvalue weighted by Gasteiger charge is -2.09. The summed E-state index contributed by atoms with van der Waals surface area (Å²) in [5.41, 5.74) is 3.70. The summed E-state index contributed by atoms with van der Waals surface area (Å²) in [4.78, 5) is 17.3. The second kappa shape index (κ2) is 8.19. The number of furan rings is 1. The number of carbonyl (C=O) groups is 1. The van der Waals surface area contributed by atoms with Gasteiger partial charge in [-0.05, 0) is 57.0 Å². The first-order chi connectivity index (χ1) is 15.1. The average molecular weight is 434 g/mol. The van der Waals surface area contributed by atoms with Gasteiger partial charge in [0.15, 0.2) is 16.8 Å². The lowest BCUT2D eigenvalue weighted by molar-refractivity contribution is 0.102. The van der Waals surface area contributed by atoms with Crippen LogP contribution in [0.15, 0.2) is 58.6 Å². The van der Waals surface area contributed by atoms with Gasteiger partial charge in [0.1, 0.15) is 5.76 Å². The van der Waals surface area contributed by atoms with E-state index in [2.05, 4.69) is 24.3 Å². The van der Waals surface area contributed by atoms with Crippen molar-refractivity contribution >= 4 is 17.5 Å². The van der Waals surface area contributed by atoms with Gasteiger partial charge in [0, 0.05) is 41.0 Å². The molecular weight excluding hydrogens is 410 g/mol. The highest BCUT2D eigenvalue weighted by molar-refractivity contribution is 7.99. The van der Waals surface area contributed by atoms with Crippen LogP contribution in [-0.4, -0.2) is 35.9 Å². The molecular formula is C23H23N5O2S. The maximum Gasteiger partial charge on any atom is 0.192 e. The Balaban J connectivity index is 1.34. The van der Waals surface area contributed by atoms with Gasteiger partial charge in [-0.2, -0.15) is 0 Å². The quantitative estimate of drug-likeness (QED) is 0.296. The predicted octanol–water partition coefficient (Wildman–Crippen LogP) is 4.71. The molecule has 0 spiro atoms. The Morgan fingerprint density at radius 2 is 2.10 bits per heavy atom. The van der Waals surface area contributed by atoms with Crippen molar-refractivity contribution in [3.05, 3.63) is 71.7 Å². The molecule has 0 amide bonds. The van der Waals surface area contributed by atoms with E-state index in [0.29, 0.717) is 18.3 Å². The molecule has 0 atom stereocenters. The van der Waals surface area contributed by atoms with Crippen LogP contribution in [0.3, 0.4) is 0 Å². The third-order valence-electron chi connectivity index (χ3n) is 5.60. The number of hydrogen-bond acceptors (Lipinski definition) is 6. The second-order valence-electron chi connectivity index (χ2n) is 7.81. The number of hydrogen-bond donors (Lipinski definition) is 0. The number of rotatable bonds is 8. The van der Waals surface area contributed by atoms with Gasteiger partial charge in [-0.1, -0.05) is 11.8 Å². The molecule has 4 aromatic rings. The molecule has 1 aliphatic rings. The van der Waals surface area contributed by atoms with Crippen LogP contribution in [0.4, 0.5) is 0 Å². The smallest absolute Gasteiger partial charge is 0.192 e. The lowest BCUT2D eigenvalue weighted by Crippen LogP contribution is -2.08. The normalized spacial score (nSPS) is 13.6. The molecule has 4 heterocycles. The molecule has 1 aliphatic carbocycles. The molecule has 4 aromatic heterocycles. The summed E-state index contributed by atoms with van der Waals surface area (Å²) in [5, 5.41) is 9.59. The Labute approximate surface area is 184 Å². The maximum absolute atomic E-state index is 13.1. The van der Waals surface area contributed by atoms with Crippen molar-refractivity contribution in [1.29, 1.82) is 0 Å². The van der Waals surface area contributed by atoms with Crippen LogP contribution in [0.25, 0.3) is 11.4 Å². The Hall–Kier alpha value is -3.13. The lowest BCUT2D eigenvalue weighted by atomic mass is 10.2. The molecule has 7 nitrogen and oxygen atoms in total. The van der Waals surface area contributed by atoms with E-state index in [-0.39, 0.29) is 5.78 Å². The molecule has 0 bridgehead atoms. The fourth-order valence-corrected chi connectivity index (χ4v) is 4.71. The first-order valence-corrected chi connectivity index (χ1v) is 11.3. The number of nitrogens with zero attached hydrogens (tertiary/aromatic N) is 5. The van der Waals surface area contributed by atoms with E-state index < -0.39 is 0 Å². The third-order valence-corrected chi connectivity index (χ3v) is 6.54. The highest BCUT2D eigenvalue weighted by Gasteiger charge is 2.30. The Morgan fingerprint density at radius 1 is 1.23 bits per heavy atom. The van der Waals surface area contributed by atoms with Gasteiger partial charge in [0.2, 0.25) is 0 Å². The number of pyridine rings is 1. The molecule has 0 aromatic carbocycles. The summed E-state index contributed by atoms with van der Waals surface area (Å²) in [6.45, 7) is 4.63. The summed E-state index contributed by atoms with van der Waals surface area (Å²) >= 11 is 1.45. The second-order valence-corrected chi connectivity index (χ2v) is 8.75. The highest BCUT2D eigenvalue weighted by Crippen LogP contribution is 2.41. The van der Waals surface area contributed by atoms with E-state index in [0.717, 1.165) is 52.1 Å². The van der Waals surface area contributed by atoms with Crippen LogP contribution < -0.4 is 0 Å². The van der Waals surface area contributed by atoms with Crippen LogP contribution in [0, 0.1) is 13.8 Å². The van der Waals surface area contributed by atoms with Crippen LogP contribution in [0.2, 0.25) is 0 Å². The van der Waals surface area contributed by atoms with Gasteiger partial charge in [-0.15, -0.1) is 10.2 Å². The molecule has 0 unspecified atom stereocenters. The topological polar surface area (TPSA) is 78.7 Å². The number of aromatic nitrogens is 5. The highest BCUT2D eigenvalue weighted by atomic mass is 32.2. The monoisotopic (exact) mass is 433 g/mol. The third kappa shape index (κ3) is 3.95. The van der Waals surface area contributed by atoms with E-state index in [1.165, 1.54) is 11.8 Å². The van der Waals surface area contributed by atoms with E-state index in [9.17, 15) is 4.79 Å². The van der Waals surface area contributed by atoms with E-state index in [1.54, 1.807) is 18.7 Å². The van der Waals surface area contributed by atoms with E-state index >= 15 is 0 Å². The molecule has 5 rings (SSSR count). The molecule has 158 valence electrons. The van der Waals surface area contributed by atoms with Crippen molar-refractivity contribution in [3.63, 3.8) is 0 Å². The van der Waals surface area contributed by atoms with Crippen LogP contribution >= 0.6 is 11.8 Å². The van der Waals surface area contributed by atoms with Gasteiger partial charge in [0.25, 0.3) is 0 Å². The zero-order valence-corrected chi connectivity index (χ0v) is 18.3. The molecule has 0 aliphatic heterocycles. The van der Waals surface area contributed by atoms with Crippen LogP contribution in [0.1, 0.15) is 46.4 Å². The number of aryl methyl sites for hydroxylation is 1. The predicted molar refractivity (Wildman–Crippen MR) is 118 cm³/mol. The van der Waals surface area contributed by atoms with Crippen molar-refractivity contribution in [1.82, 2.24) is 24.3 Å². The first-order valence-electron chi connectivity index (χ1n) is 10.3. The SMILES string of the molecule is Cc1cc(C(=O)CSc2nnc(-c3cccnc3)n2C2CC2)c(C)n1Cc1ccco1. The van der Waals surface area contributed by atoms with Gasteiger partial charge < -0.3 is 8.98 Å². The fraction of sp³-hybridized carbons (Fsp3) is 0.304. The van der Waals surface area contributed by atoms with Gasteiger partial charge >= 0.3 is 0 Å². The molecule has 0 saturated heterocycles. The van der Waals surface area contributed by atoms with Crippen molar-refractivity contribution in [2.45, 2.75) is 44.4 Å². The Bertz CT molecular complexity index is 1210. The number of carbonyl (C=O) groups excluding carboxylic acids is 1. The Morgan fingerprint density at radius 3 is 2.81 bits per heavy atom. The number of thioether (sulfide) groups is 1. The van der Waals surface area contributed by atoms with E-state index in [4.69, 9.17) is 4.42 Å². The summed E-state index contributed by atoms with van der Waals surface area (Å²) < 4.78 is 9.75. The van der Waals surface area contributed by atoms with Crippen molar-refractivity contribution < 1.29 is 9.21 Å². The van der Waals surface area contributed by atoms with Gasteiger partial charge in [-0.25, -0.2) is 0 Å². The molecule has 8 heteroatoms. The number of ketones is 1. The fourth-order valence-electron chi connectivity index (χ4n) is 3.82. The van der Waals surface area contributed by atoms with Crippen molar-refractivity contribution in [3.8, 4) is 11.4 Å². The zero-order valence-electron chi connectivity index (χ0n) is 17.5. The molecule has 1 saturated carbocycles. The minimum Gasteiger partial charge on any atom is -0.467 e. The van der Waals surface area contributed by atoms with Crippen LogP contribution in [-0.2, 0) is 6.54 Å². The summed E-state index contributed by atoms with van der Waals surface area (Å²) in [6.07, 6.45) is 7.44. The zero-order chi connectivity index (χ0) is 21.4. The summed E-state index contributed by atoms with van der Waals surface area (Å²) in [7, 11) is 0. The molecule has 0 N–H and O–H groups in total. The van der Waals surface area contributed by atoms with Crippen molar-refractivity contribution in [2.24, 2.45) is 0 Å². The van der Waals surface area contributed by atoms with Gasteiger partial charge in [-0.3, -0.25) is 14.3 Å². The Kier molecular flexibility index (Phi) is 5.23. The number of Topliss-reactive ketones (excluding diaryl/α,β-unsaturated/α-hetero) is 1. The molecule has 1 fully saturated rings. The molecule has 0 radical (unpaired) electrons. The minimum absolute atomic E-state index is 0.0945. The minimum atomic E-state index is 0.0945. The maximum atomic E-state index is 13.1. The standard InChI is InChI=1S/C23H23N5O2S/c1-15-11-20(16(2)27(15)13-19-6-4-10-30-19)21(29)14-31-23-26-25-22(28(23)18-7-8-18)17-5-3-9-24-12-17/h3-6,9-12,18H,7-8,13-14H2,1-2H3. The largest absolute Gasteiger partial charge is 0.467 e. The molecule has 31 heavy (non-hydrogen) atoms.